The number of benzene rings is 1. The van der Waals surface area contributed by atoms with Gasteiger partial charge in [-0.2, -0.15) is 0 Å². The Kier molecular flexibility index (Phi) is 2.99. The van der Waals surface area contributed by atoms with Crippen molar-refractivity contribution in [3.8, 4) is 11.3 Å². The molecule has 1 aliphatic rings. The van der Waals surface area contributed by atoms with Crippen LogP contribution in [0.15, 0.2) is 39.4 Å². The normalized spacial score (nSPS) is 19.7. The van der Waals surface area contributed by atoms with E-state index in [1.807, 2.05) is 18.2 Å². The van der Waals surface area contributed by atoms with E-state index in [2.05, 4.69) is 32.3 Å². The van der Waals surface area contributed by atoms with Crippen LogP contribution in [0.1, 0.15) is 18.2 Å². The summed E-state index contributed by atoms with van der Waals surface area (Å²) in [4.78, 5) is 4.58. The van der Waals surface area contributed by atoms with Crippen LogP contribution in [0.5, 0.6) is 0 Å². The van der Waals surface area contributed by atoms with Gasteiger partial charge in [0.2, 0.25) is 0 Å². The zero-order valence-electron chi connectivity index (χ0n) is 9.32. The molecule has 1 saturated heterocycles. The van der Waals surface area contributed by atoms with E-state index in [4.69, 9.17) is 4.42 Å². The van der Waals surface area contributed by atoms with Gasteiger partial charge in [0.1, 0.15) is 12.0 Å². The minimum Gasteiger partial charge on any atom is -0.448 e. The van der Waals surface area contributed by atoms with Gasteiger partial charge in [-0.25, -0.2) is 4.98 Å². The second-order valence-corrected chi connectivity index (χ2v) is 5.19. The van der Waals surface area contributed by atoms with E-state index >= 15 is 0 Å². The van der Waals surface area contributed by atoms with Crippen LogP contribution in [-0.2, 0) is 0 Å². The highest BCUT2D eigenvalue weighted by Gasteiger charge is 2.21. The fourth-order valence-electron chi connectivity index (χ4n) is 2.12. The van der Waals surface area contributed by atoms with Crippen molar-refractivity contribution in [2.75, 3.05) is 13.1 Å². The summed E-state index contributed by atoms with van der Waals surface area (Å²) >= 11 is 3.46. The Hall–Kier alpha value is -1.13. The Morgan fingerprint density at radius 2 is 2.35 bits per heavy atom. The lowest BCUT2D eigenvalue weighted by atomic mass is 10.1. The molecule has 2 heterocycles. The van der Waals surface area contributed by atoms with Gasteiger partial charge in [-0.1, -0.05) is 28.1 Å². The average Bonchev–Trinajstić information content (AvgIpc) is 3.00. The lowest BCUT2D eigenvalue weighted by molar-refractivity contribution is 0.457. The first-order valence-corrected chi connectivity index (χ1v) is 6.54. The molecule has 0 saturated carbocycles. The largest absolute Gasteiger partial charge is 0.448 e. The predicted octanol–water partition coefficient (Wildman–Crippen LogP) is 3.18. The zero-order chi connectivity index (χ0) is 11.7. The Morgan fingerprint density at radius 3 is 3.12 bits per heavy atom. The van der Waals surface area contributed by atoms with Crippen LogP contribution in [0.2, 0.25) is 0 Å². The molecule has 0 spiro atoms. The molecule has 3 nitrogen and oxygen atoms in total. The van der Waals surface area contributed by atoms with Crippen molar-refractivity contribution < 1.29 is 4.42 Å². The highest BCUT2D eigenvalue weighted by Crippen LogP contribution is 2.27. The molecule has 17 heavy (non-hydrogen) atoms. The average molecular weight is 293 g/mol. The van der Waals surface area contributed by atoms with Gasteiger partial charge in [-0.3, -0.25) is 0 Å². The SMILES string of the molecule is Brc1cccc(-c2coc(C3CCNC3)n2)c1. The van der Waals surface area contributed by atoms with E-state index in [0.717, 1.165) is 41.1 Å². The van der Waals surface area contributed by atoms with Crippen molar-refractivity contribution in [1.29, 1.82) is 0 Å². The number of oxazole rings is 1. The van der Waals surface area contributed by atoms with E-state index in [-0.39, 0.29) is 0 Å². The first kappa shape index (κ1) is 11.0. The maximum absolute atomic E-state index is 5.58. The Balaban J connectivity index is 1.89. The first-order chi connectivity index (χ1) is 8.33. The molecule has 2 aromatic rings. The van der Waals surface area contributed by atoms with Crippen molar-refractivity contribution in [1.82, 2.24) is 10.3 Å². The fourth-order valence-corrected chi connectivity index (χ4v) is 2.52. The van der Waals surface area contributed by atoms with Crippen LogP contribution in [0, 0.1) is 0 Å². The second kappa shape index (κ2) is 4.63. The summed E-state index contributed by atoms with van der Waals surface area (Å²) in [6.45, 7) is 2.03. The maximum Gasteiger partial charge on any atom is 0.199 e. The van der Waals surface area contributed by atoms with Crippen LogP contribution in [0.4, 0.5) is 0 Å². The molecule has 3 rings (SSSR count). The van der Waals surface area contributed by atoms with Crippen LogP contribution < -0.4 is 5.32 Å². The molecular formula is C13H13BrN2O. The van der Waals surface area contributed by atoms with Crippen LogP contribution in [0.3, 0.4) is 0 Å². The zero-order valence-corrected chi connectivity index (χ0v) is 10.9. The van der Waals surface area contributed by atoms with Crippen molar-refractivity contribution >= 4 is 15.9 Å². The van der Waals surface area contributed by atoms with Gasteiger partial charge in [0, 0.05) is 22.5 Å². The number of nitrogens with zero attached hydrogens (tertiary/aromatic N) is 1. The molecule has 1 fully saturated rings. The molecule has 1 aliphatic heterocycles. The summed E-state index contributed by atoms with van der Waals surface area (Å²) in [5.74, 6) is 1.28. The van der Waals surface area contributed by atoms with E-state index < -0.39 is 0 Å². The molecular weight excluding hydrogens is 280 g/mol. The van der Waals surface area contributed by atoms with Crippen molar-refractivity contribution in [2.45, 2.75) is 12.3 Å². The number of halogens is 1. The monoisotopic (exact) mass is 292 g/mol. The van der Waals surface area contributed by atoms with Gasteiger partial charge in [0.25, 0.3) is 0 Å². The molecule has 0 aliphatic carbocycles. The van der Waals surface area contributed by atoms with Crippen LogP contribution in [-0.4, -0.2) is 18.1 Å². The molecule has 0 bridgehead atoms. The second-order valence-electron chi connectivity index (χ2n) is 4.27. The fraction of sp³-hybridized carbons (Fsp3) is 0.308. The third kappa shape index (κ3) is 2.28. The minimum atomic E-state index is 0.427. The topological polar surface area (TPSA) is 38.1 Å². The third-order valence-electron chi connectivity index (χ3n) is 3.05. The van der Waals surface area contributed by atoms with Gasteiger partial charge >= 0.3 is 0 Å². The molecule has 0 amide bonds. The first-order valence-electron chi connectivity index (χ1n) is 5.75. The van der Waals surface area contributed by atoms with Crippen molar-refractivity contribution in [3.05, 3.63) is 40.9 Å². The Labute approximate surface area is 108 Å². The van der Waals surface area contributed by atoms with Crippen molar-refractivity contribution in [2.24, 2.45) is 0 Å². The van der Waals surface area contributed by atoms with Crippen LogP contribution in [0.25, 0.3) is 11.3 Å². The number of hydrogen-bond acceptors (Lipinski definition) is 3. The number of nitrogens with one attached hydrogen (secondary N) is 1. The van der Waals surface area contributed by atoms with Gasteiger partial charge in [-0.05, 0) is 25.1 Å². The number of rotatable bonds is 2. The minimum absolute atomic E-state index is 0.427. The van der Waals surface area contributed by atoms with Crippen LogP contribution >= 0.6 is 15.9 Å². The Morgan fingerprint density at radius 1 is 1.41 bits per heavy atom. The van der Waals surface area contributed by atoms with Gasteiger partial charge < -0.3 is 9.73 Å². The summed E-state index contributed by atoms with van der Waals surface area (Å²) in [5.41, 5.74) is 1.99. The molecule has 1 aromatic carbocycles. The lowest BCUT2D eigenvalue weighted by Crippen LogP contribution is -2.08. The summed E-state index contributed by atoms with van der Waals surface area (Å²) in [6, 6.07) is 8.10. The molecule has 1 N–H and O–H groups in total. The molecule has 1 atom stereocenters. The molecule has 4 heteroatoms. The molecule has 1 aromatic heterocycles. The highest BCUT2D eigenvalue weighted by atomic mass is 79.9. The molecule has 88 valence electrons. The summed E-state index contributed by atoms with van der Waals surface area (Å²) in [6.07, 6.45) is 2.86. The van der Waals surface area contributed by atoms with E-state index in [0.29, 0.717) is 5.92 Å². The quantitative estimate of drug-likeness (QED) is 0.924. The predicted molar refractivity (Wildman–Crippen MR) is 69.9 cm³/mol. The summed E-state index contributed by atoms with van der Waals surface area (Å²) < 4.78 is 6.63. The van der Waals surface area contributed by atoms with Crippen molar-refractivity contribution in [3.63, 3.8) is 0 Å². The molecule has 1 unspecified atom stereocenters. The Bertz CT molecular complexity index is 518. The number of aromatic nitrogens is 1. The highest BCUT2D eigenvalue weighted by molar-refractivity contribution is 9.10. The van der Waals surface area contributed by atoms with E-state index in [9.17, 15) is 0 Å². The standard InChI is InChI=1S/C13H13BrN2O/c14-11-3-1-2-9(6-11)12-8-17-13(16-12)10-4-5-15-7-10/h1-3,6,8,10,15H,4-5,7H2. The smallest absolute Gasteiger partial charge is 0.199 e. The third-order valence-corrected chi connectivity index (χ3v) is 3.55. The van der Waals surface area contributed by atoms with E-state index in [1.54, 1.807) is 6.26 Å². The van der Waals surface area contributed by atoms with Gasteiger partial charge in [0.05, 0.1) is 0 Å². The summed E-state index contributed by atoms with van der Waals surface area (Å²) in [5, 5.41) is 3.32. The van der Waals surface area contributed by atoms with Gasteiger partial charge in [-0.15, -0.1) is 0 Å². The maximum atomic E-state index is 5.58. The molecule has 0 radical (unpaired) electrons. The summed E-state index contributed by atoms with van der Waals surface area (Å²) in [7, 11) is 0. The number of hydrogen-bond donors (Lipinski definition) is 1. The lowest BCUT2D eigenvalue weighted by Gasteiger charge is -2.00. The van der Waals surface area contributed by atoms with E-state index in [1.165, 1.54) is 0 Å². The van der Waals surface area contributed by atoms with Gasteiger partial charge in [0.15, 0.2) is 5.89 Å².